The number of hydrogen-bond acceptors (Lipinski definition) is 0. The lowest BCUT2D eigenvalue weighted by Crippen LogP contribution is -1.96. The van der Waals surface area contributed by atoms with Gasteiger partial charge in [0.1, 0.15) is 0 Å². The van der Waals surface area contributed by atoms with Gasteiger partial charge in [0.15, 0.2) is 0 Å². The van der Waals surface area contributed by atoms with Gasteiger partial charge in [0.05, 0.1) is 0 Å². The second-order valence-corrected chi connectivity index (χ2v) is 3.55. The molecule has 55 valence electrons. The predicted molar refractivity (Wildman–Crippen MR) is 50.6 cm³/mol. The number of allylic oxidation sites excluding steroid dienone is 2. The van der Waals surface area contributed by atoms with Gasteiger partial charge >= 0.3 is 0 Å². The van der Waals surface area contributed by atoms with E-state index in [1.807, 2.05) is 0 Å². The van der Waals surface area contributed by atoms with Gasteiger partial charge in [0.2, 0.25) is 0 Å². The van der Waals surface area contributed by atoms with Crippen molar-refractivity contribution < 1.29 is 0 Å². The van der Waals surface area contributed by atoms with Crippen molar-refractivity contribution in [2.24, 2.45) is 0 Å². The average molecular weight is 208 g/mol. The largest absolute Gasteiger partial charge is 0.0693 e. The van der Waals surface area contributed by atoms with Crippen molar-refractivity contribution in [3.8, 4) is 0 Å². The lowest BCUT2D eigenvalue weighted by molar-refractivity contribution is 1.19. The third kappa shape index (κ3) is 1.38. The van der Waals surface area contributed by atoms with Crippen LogP contribution in [-0.4, -0.2) is 0 Å². The van der Waals surface area contributed by atoms with Gasteiger partial charge in [-0.25, -0.2) is 0 Å². The second kappa shape index (κ2) is 2.82. The van der Waals surface area contributed by atoms with Crippen molar-refractivity contribution in [2.75, 3.05) is 0 Å². The van der Waals surface area contributed by atoms with Gasteiger partial charge in [-0.2, -0.15) is 0 Å². The molecule has 0 heterocycles. The molecule has 1 radical (unpaired) electrons. The first kappa shape index (κ1) is 7.11. The summed E-state index contributed by atoms with van der Waals surface area (Å²) in [5, 5.41) is 0. The molecule has 0 amide bonds. The fraction of sp³-hybridized carbons (Fsp3) is 0.100. The van der Waals surface area contributed by atoms with Crippen LogP contribution in [0.5, 0.6) is 0 Å². The van der Waals surface area contributed by atoms with Gasteiger partial charge < -0.3 is 0 Å². The van der Waals surface area contributed by atoms with E-state index in [2.05, 4.69) is 52.7 Å². The van der Waals surface area contributed by atoms with Crippen molar-refractivity contribution in [2.45, 2.75) is 6.42 Å². The smallest absolute Gasteiger partial charge is 0.0270 e. The Kier molecular flexibility index (Phi) is 1.82. The number of rotatable bonds is 0. The van der Waals surface area contributed by atoms with Crippen LogP contribution in [0.1, 0.15) is 11.1 Å². The molecule has 0 aliphatic heterocycles. The van der Waals surface area contributed by atoms with E-state index in [9.17, 15) is 0 Å². The standard InChI is InChI=1S/C10H8Br/c11-10-6-5-8-3-1-2-4-9(8)7-10/h1-4,6-7H,5H2. The Hall–Kier alpha value is -0.560. The zero-order chi connectivity index (χ0) is 7.68. The van der Waals surface area contributed by atoms with Gasteiger partial charge in [0, 0.05) is 6.42 Å². The molecule has 0 nitrogen and oxygen atoms in total. The fourth-order valence-corrected chi connectivity index (χ4v) is 1.68. The molecule has 0 saturated heterocycles. The van der Waals surface area contributed by atoms with E-state index < -0.39 is 0 Å². The molecular formula is C10H8Br. The summed E-state index contributed by atoms with van der Waals surface area (Å²) in [5.74, 6) is 0. The average Bonchev–Trinajstić information content (AvgIpc) is 2.04. The van der Waals surface area contributed by atoms with Gasteiger partial charge in [-0.3, -0.25) is 0 Å². The fourth-order valence-electron chi connectivity index (χ4n) is 1.28. The molecule has 11 heavy (non-hydrogen) atoms. The number of hydrogen-bond donors (Lipinski definition) is 0. The molecule has 0 bridgehead atoms. The Morgan fingerprint density at radius 2 is 2.00 bits per heavy atom. The third-order valence-corrected chi connectivity index (χ3v) is 2.42. The van der Waals surface area contributed by atoms with Crippen molar-refractivity contribution in [3.63, 3.8) is 0 Å². The van der Waals surface area contributed by atoms with Gasteiger partial charge in [-0.15, -0.1) is 0 Å². The zero-order valence-corrected chi connectivity index (χ0v) is 7.64. The van der Waals surface area contributed by atoms with Crippen molar-refractivity contribution >= 4 is 15.9 Å². The highest BCUT2D eigenvalue weighted by Crippen LogP contribution is 2.25. The predicted octanol–water partition coefficient (Wildman–Crippen LogP) is 3.07. The molecule has 1 aliphatic carbocycles. The van der Waals surface area contributed by atoms with E-state index >= 15 is 0 Å². The Morgan fingerprint density at radius 3 is 2.91 bits per heavy atom. The maximum absolute atomic E-state index is 3.46. The summed E-state index contributed by atoms with van der Waals surface area (Å²) in [5.41, 5.74) is 2.75. The minimum absolute atomic E-state index is 1.05. The summed E-state index contributed by atoms with van der Waals surface area (Å²) in [4.78, 5) is 0. The first-order valence-electron chi connectivity index (χ1n) is 3.64. The van der Waals surface area contributed by atoms with Crippen molar-refractivity contribution in [3.05, 3.63) is 52.4 Å². The quantitative estimate of drug-likeness (QED) is 0.614. The Bertz CT molecular complexity index is 299. The van der Waals surface area contributed by atoms with Crippen LogP contribution in [0, 0.1) is 6.42 Å². The van der Waals surface area contributed by atoms with E-state index in [-0.39, 0.29) is 0 Å². The molecule has 1 aromatic carbocycles. The van der Waals surface area contributed by atoms with Gasteiger partial charge in [0.25, 0.3) is 0 Å². The molecule has 0 saturated carbocycles. The molecule has 0 unspecified atom stereocenters. The normalized spacial score (nSPS) is 15.5. The summed E-state index contributed by atoms with van der Waals surface area (Å²) < 4.78 is 1.19. The van der Waals surface area contributed by atoms with E-state index in [1.165, 1.54) is 15.6 Å². The lowest BCUT2D eigenvalue weighted by Gasteiger charge is -2.11. The highest BCUT2D eigenvalue weighted by atomic mass is 79.9. The molecule has 1 heteroatoms. The summed E-state index contributed by atoms with van der Waals surface area (Å²) in [6.07, 6.45) is 5.38. The monoisotopic (exact) mass is 207 g/mol. The van der Waals surface area contributed by atoms with Crippen LogP contribution in [0.3, 0.4) is 0 Å². The molecule has 1 aromatic rings. The Morgan fingerprint density at radius 1 is 1.18 bits per heavy atom. The molecule has 1 aliphatic rings. The number of fused-ring (bicyclic) bond motifs is 1. The number of halogens is 1. The van der Waals surface area contributed by atoms with E-state index in [4.69, 9.17) is 0 Å². The topological polar surface area (TPSA) is 0 Å². The highest BCUT2D eigenvalue weighted by Gasteiger charge is 2.07. The third-order valence-electron chi connectivity index (χ3n) is 1.87. The van der Waals surface area contributed by atoms with Crippen LogP contribution in [0.15, 0.2) is 34.8 Å². The van der Waals surface area contributed by atoms with E-state index in [1.54, 1.807) is 0 Å². The molecule has 2 rings (SSSR count). The first-order valence-corrected chi connectivity index (χ1v) is 4.44. The van der Waals surface area contributed by atoms with Crippen molar-refractivity contribution in [1.29, 1.82) is 0 Å². The molecule has 0 spiro atoms. The molecule has 0 N–H and O–H groups in total. The van der Waals surface area contributed by atoms with Crippen LogP contribution >= 0.6 is 15.9 Å². The summed E-state index contributed by atoms with van der Waals surface area (Å²) in [7, 11) is 0. The second-order valence-electron chi connectivity index (χ2n) is 2.64. The van der Waals surface area contributed by atoms with Crippen LogP contribution in [-0.2, 0) is 6.42 Å². The molecular weight excluding hydrogens is 200 g/mol. The number of benzene rings is 1. The van der Waals surface area contributed by atoms with Crippen LogP contribution in [0.2, 0.25) is 0 Å². The molecule has 0 aromatic heterocycles. The minimum Gasteiger partial charge on any atom is -0.0693 e. The van der Waals surface area contributed by atoms with Gasteiger partial charge in [-0.05, 0) is 22.0 Å². The maximum Gasteiger partial charge on any atom is 0.0270 e. The first-order chi connectivity index (χ1) is 5.36. The Labute approximate surface area is 75.1 Å². The minimum atomic E-state index is 1.05. The lowest BCUT2D eigenvalue weighted by atomic mass is 9.97. The SMILES string of the molecule is BrC1=CCc2ccccc2[CH]1. The van der Waals surface area contributed by atoms with Crippen LogP contribution in [0.25, 0.3) is 0 Å². The molecule has 0 fully saturated rings. The Balaban J connectivity index is 2.42. The van der Waals surface area contributed by atoms with Crippen LogP contribution in [0.4, 0.5) is 0 Å². The van der Waals surface area contributed by atoms with Gasteiger partial charge in [-0.1, -0.05) is 46.3 Å². The summed E-state index contributed by atoms with van der Waals surface area (Å²) >= 11 is 3.46. The maximum atomic E-state index is 3.46. The summed E-state index contributed by atoms with van der Waals surface area (Å²) in [6.45, 7) is 0. The highest BCUT2D eigenvalue weighted by molar-refractivity contribution is 9.11. The van der Waals surface area contributed by atoms with Crippen LogP contribution < -0.4 is 0 Å². The molecule has 0 atom stereocenters. The van der Waals surface area contributed by atoms with E-state index in [0.717, 1.165) is 6.42 Å². The zero-order valence-electron chi connectivity index (χ0n) is 6.05. The van der Waals surface area contributed by atoms with Crippen molar-refractivity contribution in [1.82, 2.24) is 0 Å². The summed E-state index contributed by atoms with van der Waals surface area (Å²) in [6, 6.07) is 8.46. The van der Waals surface area contributed by atoms with E-state index in [0.29, 0.717) is 0 Å².